The van der Waals surface area contributed by atoms with Crippen LogP contribution < -0.4 is 5.73 Å². The molecule has 0 bridgehead atoms. The molecule has 0 spiro atoms. The van der Waals surface area contributed by atoms with Gasteiger partial charge in [-0.1, -0.05) is 23.7 Å². The second-order valence-electron chi connectivity index (χ2n) is 4.87. The number of hydrogen-bond acceptors (Lipinski definition) is 3. The topological polar surface area (TPSA) is 72.6 Å². The Balaban J connectivity index is 2.14. The van der Waals surface area contributed by atoms with Crippen molar-refractivity contribution in [1.29, 1.82) is 0 Å². The minimum absolute atomic E-state index is 0.0903. The highest BCUT2D eigenvalue weighted by Gasteiger charge is 2.19. The third-order valence-electron chi connectivity index (χ3n) is 3.51. The maximum Gasteiger partial charge on any atom is 0.305 e. The standard InChI is InChI=1S/C14H18ClNO3/c15-12-7-10(13(16)8-14(17)18)1-2-11(12)9-3-5-19-6-4-9/h1-2,7,9,13H,3-6,8,16H2,(H,17,18). The summed E-state index contributed by atoms with van der Waals surface area (Å²) in [6.45, 7) is 1.53. The van der Waals surface area contributed by atoms with Gasteiger partial charge in [0.25, 0.3) is 0 Å². The average molecular weight is 284 g/mol. The molecule has 1 saturated heterocycles. The zero-order valence-electron chi connectivity index (χ0n) is 10.6. The quantitative estimate of drug-likeness (QED) is 0.891. The molecular weight excluding hydrogens is 266 g/mol. The fourth-order valence-electron chi connectivity index (χ4n) is 2.42. The molecule has 5 heteroatoms. The molecule has 1 heterocycles. The van der Waals surface area contributed by atoms with Crippen molar-refractivity contribution in [2.45, 2.75) is 31.2 Å². The molecule has 0 aliphatic carbocycles. The van der Waals surface area contributed by atoms with E-state index in [1.807, 2.05) is 12.1 Å². The zero-order chi connectivity index (χ0) is 13.8. The number of carboxylic acids is 1. The van der Waals surface area contributed by atoms with Crippen molar-refractivity contribution in [3.05, 3.63) is 34.3 Å². The largest absolute Gasteiger partial charge is 0.481 e. The lowest BCUT2D eigenvalue weighted by molar-refractivity contribution is -0.137. The van der Waals surface area contributed by atoms with Crippen molar-refractivity contribution in [3.8, 4) is 0 Å². The molecule has 0 radical (unpaired) electrons. The molecular formula is C14H18ClNO3. The van der Waals surface area contributed by atoms with Gasteiger partial charge in [0.1, 0.15) is 0 Å². The van der Waals surface area contributed by atoms with Gasteiger partial charge in [0.05, 0.1) is 6.42 Å². The number of ether oxygens (including phenoxy) is 1. The highest BCUT2D eigenvalue weighted by atomic mass is 35.5. The van der Waals surface area contributed by atoms with Gasteiger partial charge in [-0.05, 0) is 36.0 Å². The van der Waals surface area contributed by atoms with Crippen LogP contribution in [0.5, 0.6) is 0 Å². The Bertz CT molecular complexity index is 458. The van der Waals surface area contributed by atoms with Crippen LogP contribution in [-0.2, 0) is 9.53 Å². The normalized spacial score (nSPS) is 18.2. The summed E-state index contributed by atoms with van der Waals surface area (Å²) in [4.78, 5) is 10.7. The smallest absolute Gasteiger partial charge is 0.305 e. The minimum Gasteiger partial charge on any atom is -0.481 e. The highest BCUT2D eigenvalue weighted by molar-refractivity contribution is 6.31. The number of aliphatic carboxylic acids is 1. The fourth-order valence-corrected chi connectivity index (χ4v) is 2.76. The molecule has 1 fully saturated rings. The van der Waals surface area contributed by atoms with Gasteiger partial charge in [-0.15, -0.1) is 0 Å². The van der Waals surface area contributed by atoms with Gasteiger partial charge < -0.3 is 15.6 Å². The van der Waals surface area contributed by atoms with Crippen LogP contribution in [0.4, 0.5) is 0 Å². The number of carboxylic acid groups (broad SMARTS) is 1. The second kappa shape index (κ2) is 6.37. The van der Waals surface area contributed by atoms with Crippen molar-refractivity contribution < 1.29 is 14.6 Å². The Morgan fingerprint density at radius 3 is 2.74 bits per heavy atom. The summed E-state index contributed by atoms with van der Waals surface area (Å²) in [5.74, 6) is -0.483. The first kappa shape index (κ1) is 14.3. The van der Waals surface area contributed by atoms with Gasteiger partial charge in [-0.3, -0.25) is 4.79 Å². The molecule has 3 N–H and O–H groups in total. The molecule has 0 aromatic heterocycles. The number of nitrogens with two attached hydrogens (primary N) is 1. The van der Waals surface area contributed by atoms with E-state index >= 15 is 0 Å². The van der Waals surface area contributed by atoms with E-state index in [9.17, 15) is 4.79 Å². The summed E-state index contributed by atoms with van der Waals surface area (Å²) < 4.78 is 5.34. The van der Waals surface area contributed by atoms with Crippen molar-refractivity contribution in [3.63, 3.8) is 0 Å². The molecule has 19 heavy (non-hydrogen) atoms. The van der Waals surface area contributed by atoms with E-state index in [1.165, 1.54) is 0 Å². The average Bonchev–Trinajstić information content (AvgIpc) is 2.38. The molecule has 1 aliphatic rings. The lowest BCUT2D eigenvalue weighted by Crippen LogP contribution is -2.16. The molecule has 1 aromatic carbocycles. The molecule has 0 saturated carbocycles. The summed E-state index contributed by atoms with van der Waals surface area (Å²) >= 11 is 6.30. The van der Waals surface area contributed by atoms with E-state index < -0.39 is 12.0 Å². The number of hydrogen-bond donors (Lipinski definition) is 2. The van der Waals surface area contributed by atoms with Gasteiger partial charge in [0.2, 0.25) is 0 Å². The summed E-state index contributed by atoms with van der Waals surface area (Å²) in [6.07, 6.45) is 1.85. The van der Waals surface area contributed by atoms with E-state index in [2.05, 4.69) is 0 Å². The molecule has 4 nitrogen and oxygen atoms in total. The number of benzene rings is 1. The van der Waals surface area contributed by atoms with Crippen LogP contribution in [0, 0.1) is 0 Å². The summed E-state index contributed by atoms with van der Waals surface area (Å²) in [7, 11) is 0. The maximum absolute atomic E-state index is 10.7. The van der Waals surface area contributed by atoms with Crippen LogP contribution in [0.1, 0.15) is 42.3 Å². The Kier molecular flexibility index (Phi) is 4.80. The first-order valence-electron chi connectivity index (χ1n) is 6.42. The first-order chi connectivity index (χ1) is 9.08. The zero-order valence-corrected chi connectivity index (χ0v) is 11.4. The lowest BCUT2D eigenvalue weighted by Gasteiger charge is -2.24. The Morgan fingerprint density at radius 1 is 1.47 bits per heavy atom. The summed E-state index contributed by atoms with van der Waals surface area (Å²) in [5, 5.41) is 9.42. The first-order valence-corrected chi connectivity index (χ1v) is 6.80. The second-order valence-corrected chi connectivity index (χ2v) is 5.28. The van der Waals surface area contributed by atoms with Gasteiger partial charge in [0, 0.05) is 24.3 Å². The summed E-state index contributed by atoms with van der Waals surface area (Å²) in [6, 6.07) is 5.12. The molecule has 104 valence electrons. The Labute approximate surface area is 117 Å². The summed E-state index contributed by atoms with van der Waals surface area (Å²) in [5.41, 5.74) is 7.71. The van der Waals surface area contributed by atoms with Crippen LogP contribution in [-0.4, -0.2) is 24.3 Å². The Hall–Kier alpha value is -1.10. The van der Waals surface area contributed by atoms with E-state index in [-0.39, 0.29) is 6.42 Å². The van der Waals surface area contributed by atoms with Crippen molar-refractivity contribution >= 4 is 17.6 Å². The van der Waals surface area contributed by atoms with Gasteiger partial charge in [-0.2, -0.15) is 0 Å². The van der Waals surface area contributed by atoms with Crippen molar-refractivity contribution in [1.82, 2.24) is 0 Å². The molecule has 1 aromatic rings. The van der Waals surface area contributed by atoms with E-state index in [1.54, 1.807) is 6.07 Å². The number of halogens is 1. The van der Waals surface area contributed by atoms with Crippen LogP contribution in [0.2, 0.25) is 5.02 Å². The van der Waals surface area contributed by atoms with E-state index in [0.717, 1.165) is 37.2 Å². The highest BCUT2D eigenvalue weighted by Crippen LogP contribution is 2.33. The van der Waals surface area contributed by atoms with Gasteiger partial charge in [-0.25, -0.2) is 0 Å². The molecule has 0 amide bonds. The van der Waals surface area contributed by atoms with Gasteiger partial charge in [0.15, 0.2) is 0 Å². The molecule has 1 atom stereocenters. The Morgan fingerprint density at radius 2 is 2.16 bits per heavy atom. The monoisotopic (exact) mass is 283 g/mol. The predicted octanol–water partition coefficient (Wildman–Crippen LogP) is 2.71. The number of rotatable bonds is 4. The van der Waals surface area contributed by atoms with E-state index in [0.29, 0.717) is 10.9 Å². The van der Waals surface area contributed by atoms with Gasteiger partial charge >= 0.3 is 5.97 Å². The third-order valence-corrected chi connectivity index (χ3v) is 3.84. The molecule has 1 aliphatic heterocycles. The van der Waals surface area contributed by atoms with Crippen LogP contribution in [0.15, 0.2) is 18.2 Å². The predicted molar refractivity (Wildman–Crippen MR) is 73.4 cm³/mol. The van der Waals surface area contributed by atoms with Crippen LogP contribution >= 0.6 is 11.6 Å². The minimum atomic E-state index is -0.905. The van der Waals surface area contributed by atoms with Crippen molar-refractivity contribution in [2.24, 2.45) is 5.73 Å². The van der Waals surface area contributed by atoms with Crippen LogP contribution in [0.25, 0.3) is 0 Å². The SMILES string of the molecule is NC(CC(=O)O)c1ccc(C2CCOCC2)c(Cl)c1. The lowest BCUT2D eigenvalue weighted by atomic mass is 9.90. The molecule has 1 unspecified atom stereocenters. The maximum atomic E-state index is 10.7. The van der Waals surface area contributed by atoms with Crippen molar-refractivity contribution in [2.75, 3.05) is 13.2 Å². The molecule has 2 rings (SSSR count). The number of carbonyl (C=O) groups is 1. The van der Waals surface area contributed by atoms with Crippen LogP contribution in [0.3, 0.4) is 0 Å². The van der Waals surface area contributed by atoms with E-state index in [4.69, 9.17) is 27.2 Å². The third kappa shape index (κ3) is 3.69. The fraction of sp³-hybridized carbons (Fsp3) is 0.500.